The van der Waals surface area contributed by atoms with Gasteiger partial charge in [-0.05, 0) is 272 Å². The fourth-order valence-corrected chi connectivity index (χ4v) is 12.7. The van der Waals surface area contributed by atoms with Gasteiger partial charge in [0.15, 0.2) is 0 Å². The van der Waals surface area contributed by atoms with E-state index in [1.165, 1.54) is 44.5 Å². The number of para-hydroxylation sites is 4. The average molecular weight is 1650 g/mol. The quantitative estimate of drug-likeness (QED) is 0.0220. The van der Waals surface area contributed by atoms with Gasteiger partial charge < -0.3 is 71.8 Å². The standard InChI is InChI=1S/C41H48O6.C16H18.C10H14.4C9H10O2.3CH4.H2O/c1-25-14-33(15-26(2)38(25)24-43-13-10-42)34-16-27(3)39(28(4)17-34)44-11-9-12-45-40-29(5)18-35(19-30(40)6)36-20-31(7)41(32(8)21-36)47-23-37-22-46-37;1-3-13-5-9-15(10-6-13)16-11-7-14(4-2)8-12-16;1-3-9-5-7-10(4-2)8-6-9;4*1-2-4-8(5-3-1)10-6-9-7-11-9;;;;/h10,14-21,37H,9,11-13,22-24H2,1-8H3;5-12H,3-4H2,1-2H3;5-8H,3-4H2,1-2H3;4*1-5,9H,6-7H2;3*1H4;1H2. The fraction of sp³-hybridized carbons (Fsp3) is 0.368. The van der Waals surface area contributed by atoms with E-state index < -0.39 is 0 Å². The van der Waals surface area contributed by atoms with Gasteiger partial charge >= 0.3 is 0 Å². The van der Waals surface area contributed by atoms with Crippen molar-refractivity contribution >= 4 is 6.29 Å². The molecule has 2 N–H and O–H groups in total. The smallest absolute Gasteiger partial charge is 0.145 e. The molecule has 0 amide bonds. The van der Waals surface area contributed by atoms with Crippen LogP contribution in [0.1, 0.15) is 129 Å². The third-order valence-corrected chi connectivity index (χ3v) is 20.0. The Hall–Kier alpha value is -10.6. The number of hydrogen-bond donors (Lipinski definition) is 0. The summed E-state index contributed by atoms with van der Waals surface area (Å²) in [5, 5.41) is 0. The number of carbonyl (C=O) groups is 1. The monoisotopic (exact) mass is 1650 g/mol. The highest BCUT2D eigenvalue weighted by Crippen LogP contribution is 2.37. The lowest BCUT2D eigenvalue weighted by Gasteiger charge is -2.18. The van der Waals surface area contributed by atoms with Crippen LogP contribution >= 0.6 is 0 Å². The highest BCUT2D eigenvalue weighted by atomic mass is 16.6. The molecule has 0 saturated carbocycles. The molecule has 0 aliphatic carbocycles. The number of epoxide rings is 5. The molecule has 5 atom stereocenters. The van der Waals surface area contributed by atoms with E-state index in [4.69, 9.17) is 61.6 Å². The molecule has 0 bridgehead atoms. The van der Waals surface area contributed by atoms with Crippen LogP contribution in [0.25, 0.3) is 33.4 Å². The predicted octanol–water partition coefficient (Wildman–Crippen LogP) is 23.1. The third-order valence-electron chi connectivity index (χ3n) is 20.0. The number of aryl methyl sites for hydroxylation is 12. The molecular weight excluding hydrogens is 1510 g/mol. The van der Waals surface area contributed by atoms with Crippen LogP contribution in [0.5, 0.6) is 40.2 Å². The van der Waals surface area contributed by atoms with Crippen molar-refractivity contribution in [1.29, 1.82) is 0 Å². The molecular formula is C106H134O15. The van der Waals surface area contributed by atoms with E-state index in [-0.39, 0.29) is 40.5 Å². The zero-order valence-electron chi connectivity index (χ0n) is 71.2. The summed E-state index contributed by atoms with van der Waals surface area (Å²) in [7, 11) is 0. The molecule has 648 valence electrons. The molecule has 0 spiro atoms. The van der Waals surface area contributed by atoms with Gasteiger partial charge in [0.05, 0.1) is 52.9 Å². The molecule has 0 aromatic heterocycles. The molecule has 5 aliphatic rings. The number of carbonyl (C=O) groups excluding carboxylic acids is 1. The molecule has 121 heavy (non-hydrogen) atoms. The highest BCUT2D eigenvalue weighted by Gasteiger charge is 2.27. The van der Waals surface area contributed by atoms with E-state index in [0.717, 1.165) is 173 Å². The summed E-state index contributed by atoms with van der Waals surface area (Å²) in [5.41, 5.74) is 23.1. The Morgan fingerprint density at radius 3 is 0.752 bits per heavy atom. The van der Waals surface area contributed by atoms with Crippen molar-refractivity contribution in [2.45, 2.75) is 175 Å². The molecule has 5 unspecified atom stereocenters. The van der Waals surface area contributed by atoms with Crippen molar-refractivity contribution in [3.63, 3.8) is 0 Å². The van der Waals surface area contributed by atoms with E-state index >= 15 is 0 Å². The second kappa shape index (κ2) is 53.2. The first-order valence-electron chi connectivity index (χ1n) is 41.4. The summed E-state index contributed by atoms with van der Waals surface area (Å²) in [6.45, 7) is 34.8. The fourth-order valence-electron chi connectivity index (χ4n) is 12.7. The second-order valence-electron chi connectivity index (χ2n) is 29.8. The maximum Gasteiger partial charge on any atom is 0.145 e. The second-order valence-corrected chi connectivity index (χ2v) is 29.8. The maximum atomic E-state index is 10.6. The van der Waals surface area contributed by atoms with E-state index in [9.17, 15) is 4.79 Å². The summed E-state index contributed by atoms with van der Waals surface area (Å²) in [6, 6.07) is 83.2. The lowest BCUT2D eigenvalue weighted by atomic mass is 9.94. The number of rotatable bonds is 32. The molecule has 11 aromatic carbocycles. The normalized spacial score (nSPS) is 15.3. The SMILES string of the molecule is C.C.C.CCc1ccc(-c2ccc(CC)cc2)cc1.CCc1ccc(CC)cc1.Cc1cc(-c2cc(C)c(OCCCOc3c(C)cc(-c4cc(C)c(OCC5CO5)c(C)c4)cc3C)c(C)c2)cc(C)c1COCC=O.O.c1ccc(OCC2CO2)cc1.c1ccc(OCC2CO2)cc1.c1ccc(OCC2CO2)cc1.c1ccc(OCC2CO2)cc1. The van der Waals surface area contributed by atoms with Gasteiger partial charge in [-0.15, -0.1) is 0 Å². The van der Waals surface area contributed by atoms with Crippen molar-refractivity contribution in [2.75, 3.05) is 85.9 Å². The minimum atomic E-state index is 0. The van der Waals surface area contributed by atoms with Crippen molar-refractivity contribution in [3.8, 4) is 73.6 Å². The van der Waals surface area contributed by atoms with E-state index in [2.05, 4.69) is 204 Å². The molecule has 5 saturated heterocycles. The maximum absolute atomic E-state index is 10.6. The Morgan fingerprint density at radius 1 is 0.298 bits per heavy atom. The first kappa shape index (κ1) is 99.2. The zero-order valence-corrected chi connectivity index (χ0v) is 71.2. The zero-order chi connectivity index (χ0) is 82.5. The van der Waals surface area contributed by atoms with Crippen molar-refractivity contribution in [2.24, 2.45) is 0 Å². The summed E-state index contributed by atoms with van der Waals surface area (Å²) in [5.74, 6) is 6.50. The average Bonchev–Trinajstić information content (AvgIpc) is 1.56. The Balaban J connectivity index is 0.000000248. The molecule has 15 heteroatoms. The van der Waals surface area contributed by atoms with Crippen LogP contribution in [-0.2, 0) is 65.5 Å². The van der Waals surface area contributed by atoms with Gasteiger partial charge in [-0.2, -0.15) is 0 Å². The topological polar surface area (TPSA) is 185 Å². The molecule has 5 aliphatic heterocycles. The summed E-state index contributed by atoms with van der Waals surface area (Å²) in [4.78, 5) is 10.6. The molecule has 15 nitrogen and oxygen atoms in total. The van der Waals surface area contributed by atoms with Crippen LogP contribution in [0.4, 0.5) is 0 Å². The first-order chi connectivity index (χ1) is 57.0. The van der Waals surface area contributed by atoms with Crippen LogP contribution in [-0.4, -0.2) is 128 Å². The van der Waals surface area contributed by atoms with Gasteiger partial charge in [-0.3, -0.25) is 0 Å². The summed E-state index contributed by atoms with van der Waals surface area (Å²) < 4.78 is 71.0. The first-order valence-corrected chi connectivity index (χ1v) is 41.4. The van der Waals surface area contributed by atoms with E-state index in [0.29, 0.717) is 77.3 Å². The number of hydrogen-bond acceptors (Lipinski definition) is 14. The highest BCUT2D eigenvalue weighted by molar-refractivity contribution is 5.72. The molecule has 5 heterocycles. The Bertz CT molecular complexity index is 4340. The van der Waals surface area contributed by atoms with Gasteiger partial charge in [0.2, 0.25) is 0 Å². The van der Waals surface area contributed by atoms with Crippen LogP contribution in [0.3, 0.4) is 0 Å². The molecule has 11 aromatic rings. The van der Waals surface area contributed by atoms with Crippen LogP contribution in [0.2, 0.25) is 0 Å². The Morgan fingerprint density at radius 2 is 0.521 bits per heavy atom. The largest absolute Gasteiger partial charge is 0.493 e. The molecule has 16 rings (SSSR count). The minimum absolute atomic E-state index is 0. The number of aldehydes is 1. The van der Waals surface area contributed by atoms with Gasteiger partial charge in [-0.25, -0.2) is 0 Å². The van der Waals surface area contributed by atoms with Gasteiger partial charge in [0.1, 0.15) is 117 Å². The third kappa shape index (κ3) is 35.6. The Kier molecular flexibility index (Phi) is 43.7. The summed E-state index contributed by atoms with van der Waals surface area (Å²) >= 11 is 0. The number of ether oxygens (including phenoxy) is 13. The van der Waals surface area contributed by atoms with Gasteiger partial charge in [-0.1, -0.05) is 208 Å². The molecule has 5 fully saturated rings. The van der Waals surface area contributed by atoms with Crippen molar-refractivity contribution in [1.82, 2.24) is 0 Å². The van der Waals surface area contributed by atoms with Crippen LogP contribution in [0.15, 0.2) is 243 Å². The van der Waals surface area contributed by atoms with Crippen molar-refractivity contribution < 1.29 is 71.8 Å². The van der Waals surface area contributed by atoms with Crippen LogP contribution < -0.4 is 33.2 Å². The minimum Gasteiger partial charge on any atom is -0.493 e. The Labute approximate surface area is 723 Å². The lowest BCUT2D eigenvalue weighted by Crippen LogP contribution is -2.08. The predicted molar refractivity (Wildman–Crippen MR) is 495 cm³/mol. The summed E-state index contributed by atoms with van der Waals surface area (Å²) in [6.07, 6.45) is 7.67. The molecule has 0 radical (unpaired) electrons. The van der Waals surface area contributed by atoms with Crippen molar-refractivity contribution in [3.05, 3.63) is 315 Å². The van der Waals surface area contributed by atoms with Crippen LogP contribution in [0, 0.1) is 55.4 Å². The van der Waals surface area contributed by atoms with E-state index in [1.54, 1.807) is 0 Å². The lowest BCUT2D eigenvalue weighted by molar-refractivity contribution is -0.112. The van der Waals surface area contributed by atoms with Gasteiger partial charge in [0, 0.05) is 6.42 Å². The van der Waals surface area contributed by atoms with Gasteiger partial charge in [0.25, 0.3) is 0 Å². The van der Waals surface area contributed by atoms with E-state index in [1.807, 2.05) is 121 Å². The number of benzene rings is 11.